The molecule has 0 saturated carbocycles. The lowest BCUT2D eigenvalue weighted by Crippen LogP contribution is -2.06. The first-order valence-corrected chi connectivity index (χ1v) is 7.39. The number of halogens is 1. The van der Waals surface area contributed by atoms with Crippen molar-refractivity contribution in [1.82, 2.24) is 9.55 Å². The van der Waals surface area contributed by atoms with E-state index < -0.39 is 6.10 Å². The van der Waals surface area contributed by atoms with Gasteiger partial charge in [0, 0.05) is 23.4 Å². The average molecular weight is 323 g/mol. The molecule has 0 fully saturated rings. The van der Waals surface area contributed by atoms with E-state index in [0.717, 1.165) is 36.1 Å². The van der Waals surface area contributed by atoms with Gasteiger partial charge in [0.05, 0.1) is 0 Å². The summed E-state index contributed by atoms with van der Waals surface area (Å²) in [5.41, 5.74) is 1.37. The van der Waals surface area contributed by atoms with E-state index >= 15 is 0 Å². The van der Waals surface area contributed by atoms with Crippen LogP contribution in [0, 0.1) is 0 Å². The Labute approximate surface area is 122 Å². The van der Waals surface area contributed by atoms with Gasteiger partial charge >= 0.3 is 0 Å². The van der Waals surface area contributed by atoms with Crippen LogP contribution in [-0.2, 0) is 13.0 Å². The molecule has 2 aromatic rings. The van der Waals surface area contributed by atoms with Crippen LogP contribution in [0.3, 0.4) is 0 Å². The van der Waals surface area contributed by atoms with Crippen LogP contribution >= 0.6 is 15.9 Å². The van der Waals surface area contributed by atoms with E-state index in [1.807, 2.05) is 10.8 Å². The smallest absolute Gasteiger partial charge is 0.137 e. The van der Waals surface area contributed by atoms with Crippen LogP contribution in [0.1, 0.15) is 37.3 Å². The molecule has 1 aromatic heterocycles. The summed E-state index contributed by atoms with van der Waals surface area (Å²) < 4.78 is 3.16. The summed E-state index contributed by atoms with van der Waals surface area (Å²) in [4.78, 5) is 4.17. The minimum atomic E-state index is -0.499. The van der Waals surface area contributed by atoms with Crippen LogP contribution in [-0.4, -0.2) is 14.7 Å². The van der Waals surface area contributed by atoms with Crippen molar-refractivity contribution in [2.75, 3.05) is 0 Å². The number of hydrogen-bond donors (Lipinski definition) is 1. The second-order valence-electron chi connectivity index (χ2n) is 4.74. The molecule has 2 rings (SSSR count). The molecule has 0 bridgehead atoms. The fraction of sp³-hybridized carbons (Fsp3) is 0.400. The average Bonchev–Trinajstić information content (AvgIpc) is 2.85. The molecule has 4 heteroatoms. The van der Waals surface area contributed by atoms with E-state index in [9.17, 15) is 5.11 Å². The molecule has 1 N–H and O–H groups in total. The van der Waals surface area contributed by atoms with E-state index in [-0.39, 0.29) is 0 Å². The first-order valence-electron chi connectivity index (χ1n) is 6.60. The highest BCUT2D eigenvalue weighted by molar-refractivity contribution is 9.10. The van der Waals surface area contributed by atoms with Crippen molar-refractivity contribution in [1.29, 1.82) is 0 Å². The van der Waals surface area contributed by atoms with Crippen molar-refractivity contribution in [2.45, 2.75) is 38.8 Å². The van der Waals surface area contributed by atoms with Crippen LogP contribution in [0.4, 0.5) is 0 Å². The van der Waals surface area contributed by atoms with Gasteiger partial charge in [-0.25, -0.2) is 4.98 Å². The van der Waals surface area contributed by atoms with Crippen LogP contribution in [0.15, 0.2) is 41.1 Å². The predicted octanol–water partition coefficient (Wildman–Crippen LogP) is 3.72. The van der Waals surface area contributed by atoms with Crippen molar-refractivity contribution in [3.8, 4) is 0 Å². The van der Waals surface area contributed by atoms with Crippen molar-refractivity contribution < 1.29 is 5.11 Å². The largest absolute Gasteiger partial charge is 0.385 e. The maximum atomic E-state index is 9.57. The van der Waals surface area contributed by atoms with Gasteiger partial charge in [-0.1, -0.05) is 28.1 Å². The second kappa shape index (κ2) is 6.87. The van der Waals surface area contributed by atoms with Crippen molar-refractivity contribution in [2.24, 2.45) is 0 Å². The molecule has 0 radical (unpaired) electrons. The molecule has 1 atom stereocenters. The molecule has 0 aliphatic carbocycles. The Morgan fingerprint density at radius 2 is 2.00 bits per heavy atom. The Bertz CT molecular complexity index is 505. The third-order valence-corrected chi connectivity index (χ3v) is 3.68. The van der Waals surface area contributed by atoms with Gasteiger partial charge in [-0.05, 0) is 43.9 Å². The lowest BCUT2D eigenvalue weighted by atomic mass is 10.1. The summed E-state index contributed by atoms with van der Waals surface area (Å²) in [5.74, 6) is 0.753. The van der Waals surface area contributed by atoms with Gasteiger partial charge in [0.15, 0.2) is 0 Å². The van der Waals surface area contributed by atoms with Crippen LogP contribution in [0.5, 0.6) is 0 Å². The predicted molar refractivity (Wildman–Crippen MR) is 79.9 cm³/mol. The lowest BCUT2D eigenvalue weighted by Gasteiger charge is -2.09. The Hall–Kier alpha value is -1.13. The number of aromatic nitrogens is 2. The fourth-order valence-corrected chi connectivity index (χ4v) is 2.40. The molecule has 0 saturated heterocycles. The van der Waals surface area contributed by atoms with Crippen LogP contribution < -0.4 is 0 Å². The van der Waals surface area contributed by atoms with Crippen molar-refractivity contribution in [3.05, 3.63) is 52.5 Å². The summed E-state index contributed by atoms with van der Waals surface area (Å²) in [7, 11) is 0. The van der Waals surface area contributed by atoms with Gasteiger partial charge in [0.25, 0.3) is 0 Å². The molecular formula is C15H19BrN2O. The third-order valence-electron chi connectivity index (χ3n) is 3.15. The monoisotopic (exact) mass is 322 g/mol. The molecule has 1 heterocycles. The van der Waals surface area contributed by atoms with Crippen LogP contribution in [0.25, 0.3) is 0 Å². The molecular weight excluding hydrogens is 304 g/mol. The maximum Gasteiger partial charge on any atom is 0.137 e. The number of aliphatic hydroxyl groups is 1. The molecule has 102 valence electrons. The van der Waals surface area contributed by atoms with Gasteiger partial charge in [-0.15, -0.1) is 0 Å². The zero-order chi connectivity index (χ0) is 13.7. The zero-order valence-electron chi connectivity index (χ0n) is 11.1. The minimum absolute atomic E-state index is 0.499. The van der Waals surface area contributed by atoms with E-state index in [4.69, 9.17) is 0 Å². The minimum Gasteiger partial charge on any atom is -0.385 e. The molecule has 3 nitrogen and oxygen atoms in total. The Morgan fingerprint density at radius 1 is 1.26 bits per heavy atom. The second-order valence-corrected chi connectivity index (χ2v) is 5.65. The summed E-state index contributed by atoms with van der Waals surface area (Å²) in [6.45, 7) is 2.66. The normalized spacial score (nSPS) is 12.6. The fourth-order valence-electron chi connectivity index (χ4n) is 2.14. The number of imidazole rings is 1. The first kappa shape index (κ1) is 14.3. The number of unbranched alkanes of at least 4 members (excludes halogenated alkanes) is 1. The topological polar surface area (TPSA) is 38.1 Å². The maximum absolute atomic E-state index is 9.57. The number of hydrogen-bond acceptors (Lipinski definition) is 2. The van der Waals surface area contributed by atoms with Crippen molar-refractivity contribution >= 4 is 15.9 Å². The number of aryl methyl sites for hydroxylation is 2. The summed E-state index contributed by atoms with van der Waals surface area (Å²) in [5, 5.41) is 9.57. The van der Waals surface area contributed by atoms with E-state index in [2.05, 4.69) is 45.2 Å². The van der Waals surface area contributed by atoms with E-state index in [1.165, 1.54) is 5.56 Å². The van der Waals surface area contributed by atoms with Gasteiger partial charge in [0.1, 0.15) is 11.9 Å². The Balaban J connectivity index is 1.77. The van der Waals surface area contributed by atoms with Gasteiger partial charge in [-0.2, -0.15) is 0 Å². The molecule has 0 amide bonds. The highest BCUT2D eigenvalue weighted by Crippen LogP contribution is 2.14. The highest BCUT2D eigenvalue weighted by Gasteiger charge is 2.07. The summed E-state index contributed by atoms with van der Waals surface area (Å²) >= 11 is 3.44. The third kappa shape index (κ3) is 4.18. The Kier molecular flexibility index (Phi) is 5.16. The van der Waals surface area contributed by atoms with Gasteiger partial charge in [0.2, 0.25) is 0 Å². The van der Waals surface area contributed by atoms with Crippen LogP contribution in [0.2, 0.25) is 0 Å². The first-order chi connectivity index (χ1) is 9.16. The SMILES string of the molecule is CC(O)c1nccn1CCCCc1ccc(Br)cc1. The van der Waals surface area contributed by atoms with E-state index in [0.29, 0.717) is 0 Å². The molecule has 0 aliphatic heterocycles. The molecule has 1 aromatic carbocycles. The zero-order valence-corrected chi connectivity index (χ0v) is 12.7. The molecule has 0 aliphatic rings. The quantitative estimate of drug-likeness (QED) is 0.823. The van der Waals surface area contributed by atoms with E-state index in [1.54, 1.807) is 13.1 Å². The lowest BCUT2D eigenvalue weighted by molar-refractivity contribution is 0.183. The highest BCUT2D eigenvalue weighted by atomic mass is 79.9. The van der Waals surface area contributed by atoms with Crippen molar-refractivity contribution in [3.63, 3.8) is 0 Å². The number of aliphatic hydroxyl groups excluding tert-OH is 1. The standard InChI is InChI=1S/C15H19BrN2O/c1-12(19)15-17-9-11-18(15)10-3-2-4-13-5-7-14(16)8-6-13/h5-9,11-12,19H,2-4,10H2,1H3. The number of benzene rings is 1. The summed E-state index contributed by atoms with van der Waals surface area (Å²) in [6.07, 6.45) is 6.50. The number of rotatable bonds is 6. The van der Waals surface area contributed by atoms with Gasteiger partial charge < -0.3 is 9.67 Å². The Morgan fingerprint density at radius 3 is 2.68 bits per heavy atom. The number of nitrogens with zero attached hydrogens (tertiary/aromatic N) is 2. The summed E-state index contributed by atoms with van der Waals surface area (Å²) in [6, 6.07) is 8.47. The molecule has 0 spiro atoms. The molecule has 19 heavy (non-hydrogen) atoms. The van der Waals surface area contributed by atoms with Gasteiger partial charge in [-0.3, -0.25) is 0 Å². The molecule has 1 unspecified atom stereocenters.